The highest BCUT2D eigenvalue weighted by Gasteiger charge is 2.20. The van der Waals surface area contributed by atoms with Gasteiger partial charge in [-0.1, -0.05) is 36.4 Å². The second-order valence-electron chi connectivity index (χ2n) is 7.03. The van der Waals surface area contributed by atoms with Gasteiger partial charge in [0, 0.05) is 23.8 Å². The number of fused-ring (bicyclic) bond motifs is 1. The minimum absolute atomic E-state index is 0.00876. The van der Waals surface area contributed by atoms with Crippen LogP contribution in [0.5, 0.6) is 17.2 Å². The Labute approximate surface area is 201 Å². The van der Waals surface area contributed by atoms with E-state index in [1.165, 1.54) is 31.4 Å². The molecule has 0 saturated heterocycles. The quantitative estimate of drug-likeness (QED) is 0.285. The molecule has 0 radical (unpaired) electrons. The first-order valence-electron chi connectivity index (χ1n) is 9.94. The van der Waals surface area contributed by atoms with E-state index in [0.717, 1.165) is 0 Å². The molecule has 1 aromatic heterocycles. The van der Waals surface area contributed by atoms with Crippen LogP contribution in [0.2, 0.25) is 0 Å². The summed E-state index contributed by atoms with van der Waals surface area (Å²) in [7, 11) is 1.21. The lowest BCUT2D eigenvalue weighted by Gasteiger charge is -2.12. The van der Waals surface area contributed by atoms with Gasteiger partial charge >= 0.3 is 11.9 Å². The summed E-state index contributed by atoms with van der Waals surface area (Å²) in [5.74, 6) is -1.45. The lowest BCUT2D eigenvalue weighted by molar-refractivity contribution is -0.136. The number of hydrogen-bond acceptors (Lipinski definition) is 8. The molecule has 172 valence electrons. The number of methoxy groups -OCH3 is 1. The van der Waals surface area contributed by atoms with E-state index < -0.39 is 24.0 Å². The van der Waals surface area contributed by atoms with Crippen molar-refractivity contribution in [3.63, 3.8) is 0 Å². The van der Waals surface area contributed by atoms with Crippen LogP contribution in [0.25, 0.3) is 22.3 Å². The van der Waals surface area contributed by atoms with Gasteiger partial charge in [-0.25, -0.2) is 9.59 Å². The predicted octanol–water partition coefficient (Wildman–Crippen LogP) is 4.70. The minimum atomic E-state index is -0.809. The van der Waals surface area contributed by atoms with Gasteiger partial charge in [0.05, 0.1) is 11.6 Å². The molecule has 3 aromatic carbocycles. The number of carbonyl (C=O) groups excluding carboxylic acids is 2. The Morgan fingerprint density at radius 2 is 1.79 bits per heavy atom. The summed E-state index contributed by atoms with van der Waals surface area (Å²) >= 11 is 3.24. The number of rotatable bonds is 6. The number of para-hydroxylation sites is 1. The summed E-state index contributed by atoms with van der Waals surface area (Å²) in [4.78, 5) is 36.9. The van der Waals surface area contributed by atoms with Crippen LogP contribution in [-0.4, -0.2) is 30.8 Å². The van der Waals surface area contributed by atoms with E-state index in [1.54, 1.807) is 36.4 Å². The van der Waals surface area contributed by atoms with Gasteiger partial charge in [0.2, 0.25) is 0 Å². The van der Waals surface area contributed by atoms with Gasteiger partial charge in [-0.2, -0.15) is 0 Å². The molecule has 0 bridgehead atoms. The Balaban J connectivity index is 1.57. The lowest BCUT2D eigenvalue weighted by atomic mass is 10.1. The maximum Gasteiger partial charge on any atom is 0.349 e. The molecule has 1 heterocycles. The largest absolute Gasteiger partial charge is 0.507 e. The van der Waals surface area contributed by atoms with Crippen molar-refractivity contribution in [2.45, 2.75) is 0 Å². The van der Waals surface area contributed by atoms with E-state index in [4.69, 9.17) is 18.6 Å². The molecule has 9 heteroatoms. The molecule has 34 heavy (non-hydrogen) atoms. The Bertz CT molecular complexity index is 1440. The highest BCUT2D eigenvalue weighted by Crippen LogP contribution is 2.32. The zero-order chi connectivity index (χ0) is 24.2. The maximum absolute atomic E-state index is 12.5. The van der Waals surface area contributed by atoms with Crippen LogP contribution in [-0.2, 0) is 9.53 Å². The van der Waals surface area contributed by atoms with Gasteiger partial charge in [0.15, 0.2) is 17.8 Å². The van der Waals surface area contributed by atoms with Crippen molar-refractivity contribution in [3.8, 4) is 28.6 Å². The normalized spacial score (nSPS) is 10.6. The fourth-order valence-corrected chi connectivity index (χ4v) is 3.69. The third kappa shape index (κ3) is 4.79. The zero-order valence-electron chi connectivity index (χ0n) is 17.7. The molecule has 0 unspecified atom stereocenters. The zero-order valence-corrected chi connectivity index (χ0v) is 19.3. The molecule has 1 N–H and O–H groups in total. The molecule has 0 aliphatic heterocycles. The smallest absolute Gasteiger partial charge is 0.349 e. The first-order chi connectivity index (χ1) is 16.4. The van der Waals surface area contributed by atoms with Crippen molar-refractivity contribution in [2.75, 3.05) is 13.7 Å². The fourth-order valence-electron chi connectivity index (χ4n) is 3.24. The standard InChI is InChI=1S/C25H17BrO8/c1-31-25(30)16-8-5-9-17(26)24(16)34-22(29)13-32-15-10-18(27)23-19(28)12-20(33-21(23)11-15)14-6-3-2-4-7-14/h2-12,27H,13H2,1H3. The molecule has 0 saturated carbocycles. The van der Waals surface area contributed by atoms with E-state index in [1.807, 2.05) is 6.07 Å². The monoisotopic (exact) mass is 524 g/mol. The van der Waals surface area contributed by atoms with Crippen molar-refractivity contribution in [3.05, 3.63) is 87.0 Å². The number of phenolic OH excluding ortho intramolecular Hbond substituents is 1. The first kappa shape index (κ1) is 23.1. The number of benzene rings is 3. The molecule has 4 rings (SSSR count). The number of phenols is 1. The van der Waals surface area contributed by atoms with Gasteiger partial charge < -0.3 is 23.7 Å². The molecule has 0 spiro atoms. The summed E-state index contributed by atoms with van der Waals surface area (Å²) in [5, 5.41) is 10.3. The van der Waals surface area contributed by atoms with Crippen LogP contribution in [0.15, 0.2) is 80.4 Å². The van der Waals surface area contributed by atoms with Crippen molar-refractivity contribution < 1.29 is 33.3 Å². The number of halogens is 1. The van der Waals surface area contributed by atoms with Crippen molar-refractivity contribution >= 4 is 38.8 Å². The van der Waals surface area contributed by atoms with Crippen molar-refractivity contribution in [1.82, 2.24) is 0 Å². The Hall–Kier alpha value is -4.11. The van der Waals surface area contributed by atoms with E-state index in [-0.39, 0.29) is 33.8 Å². The second kappa shape index (κ2) is 9.80. The number of hydrogen-bond donors (Lipinski definition) is 1. The number of esters is 2. The third-order valence-corrected chi connectivity index (χ3v) is 5.41. The Kier molecular flexibility index (Phi) is 6.65. The SMILES string of the molecule is COC(=O)c1cccc(Br)c1OC(=O)COc1cc(O)c2c(=O)cc(-c3ccccc3)oc2c1. The Morgan fingerprint density at radius 1 is 1.03 bits per heavy atom. The van der Waals surface area contributed by atoms with Crippen LogP contribution in [0.1, 0.15) is 10.4 Å². The molecule has 0 amide bonds. The summed E-state index contributed by atoms with van der Waals surface area (Å²) < 4.78 is 21.6. The molecular formula is C25H17BrO8. The van der Waals surface area contributed by atoms with E-state index in [2.05, 4.69) is 15.9 Å². The number of aromatic hydroxyl groups is 1. The topological polar surface area (TPSA) is 112 Å². The minimum Gasteiger partial charge on any atom is -0.507 e. The van der Waals surface area contributed by atoms with Crippen molar-refractivity contribution in [2.24, 2.45) is 0 Å². The van der Waals surface area contributed by atoms with Gasteiger partial charge in [0.25, 0.3) is 0 Å². The summed E-state index contributed by atoms with van der Waals surface area (Å²) in [6.45, 7) is -0.546. The van der Waals surface area contributed by atoms with Crippen LogP contribution in [0.4, 0.5) is 0 Å². The summed E-state index contributed by atoms with van der Waals surface area (Å²) in [6, 6.07) is 17.6. The molecule has 8 nitrogen and oxygen atoms in total. The number of carbonyl (C=O) groups is 2. The average Bonchev–Trinajstić information content (AvgIpc) is 2.83. The molecule has 0 fully saturated rings. The van der Waals surface area contributed by atoms with Gasteiger partial charge in [0.1, 0.15) is 33.8 Å². The predicted molar refractivity (Wildman–Crippen MR) is 126 cm³/mol. The molecule has 0 aliphatic rings. The summed E-state index contributed by atoms with van der Waals surface area (Å²) in [5.41, 5.74) is 0.413. The van der Waals surface area contributed by atoms with Gasteiger partial charge in [-0.3, -0.25) is 4.79 Å². The third-order valence-electron chi connectivity index (χ3n) is 4.79. The maximum atomic E-state index is 12.5. The van der Waals surface area contributed by atoms with E-state index >= 15 is 0 Å². The summed E-state index contributed by atoms with van der Waals surface area (Å²) in [6.07, 6.45) is 0. The molecule has 0 atom stereocenters. The molecular weight excluding hydrogens is 508 g/mol. The Morgan fingerprint density at radius 3 is 2.53 bits per heavy atom. The molecule has 4 aromatic rings. The number of ether oxygens (including phenoxy) is 3. The second-order valence-corrected chi connectivity index (χ2v) is 7.88. The van der Waals surface area contributed by atoms with Gasteiger partial charge in [-0.05, 0) is 28.1 Å². The van der Waals surface area contributed by atoms with E-state index in [9.17, 15) is 19.5 Å². The fraction of sp³-hybridized carbons (Fsp3) is 0.0800. The van der Waals surface area contributed by atoms with Crippen LogP contribution in [0.3, 0.4) is 0 Å². The van der Waals surface area contributed by atoms with Crippen LogP contribution >= 0.6 is 15.9 Å². The van der Waals surface area contributed by atoms with Gasteiger partial charge in [-0.15, -0.1) is 0 Å². The van der Waals surface area contributed by atoms with Crippen LogP contribution in [0, 0.1) is 0 Å². The highest BCUT2D eigenvalue weighted by molar-refractivity contribution is 9.10. The first-order valence-corrected chi connectivity index (χ1v) is 10.7. The average molecular weight is 525 g/mol. The molecule has 0 aliphatic carbocycles. The highest BCUT2D eigenvalue weighted by atomic mass is 79.9. The van der Waals surface area contributed by atoms with E-state index in [0.29, 0.717) is 15.8 Å². The lowest BCUT2D eigenvalue weighted by Crippen LogP contribution is -2.19. The van der Waals surface area contributed by atoms with Crippen LogP contribution < -0.4 is 14.9 Å². The van der Waals surface area contributed by atoms with Crippen molar-refractivity contribution in [1.29, 1.82) is 0 Å².